The SMILES string of the molecule is Cc1ccccc1OCCCNC(=O)[C@H]1CCN[C@@H](C)C1. The number of benzene rings is 1. The van der Waals surface area contributed by atoms with Crippen molar-refractivity contribution in [3.05, 3.63) is 29.8 Å². The lowest BCUT2D eigenvalue weighted by molar-refractivity contribution is -0.126. The van der Waals surface area contributed by atoms with E-state index in [2.05, 4.69) is 17.6 Å². The first-order valence-electron chi connectivity index (χ1n) is 7.86. The molecule has 1 saturated heterocycles. The Bertz CT molecular complexity index is 462. The van der Waals surface area contributed by atoms with Crippen molar-refractivity contribution in [2.45, 2.75) is 39.2 Å². The standard InChI is InChI=1S/C17H26N2O2/c1-13-6-3-4-7-16(13)21-11-5-9-19-17(20)15-8-10-18-14(2)12-15/h3-4,6-7,14-15,18H,5,8-12H2,1-2H3,(H,19,20)/t14-,15-/m0/s1. The third kappa shape index (κ3) is 5.05. The fourth-order valence-electron chi connectivity index (χ4n) is 2.70. The Kier molecular flexibility index (Phi) is 6.05. The molecule has 0 spiro atoms. The van der Waals surface area contributed by atoms with Crippen molar-refractivity contribution in [2.75, 3.05) is 19.7 Å². The van der Waals surface area contributed by atoms with Gasteiger partial charge >= 0.3 is 0 Å². The van der Waals surface area contributed by atoms with Gasteiger partial charge in [-0.2, -0.15) is 0 Å². The summed E-state index contributed by atoms with van der Waals surface area (Å²) in [7, 11) is 0. The Balaban J connectivity index is 1.61. The molecule has 2 atom stereocenters. The first-order valence-corrected chi connectivity index (χ1v) is 7.86. The van der Waals surface area contributed by atoms with Crippen LogP contribution in [0.25, 0.3) is 0 Å². The summed E-state index contributed by atoms with van der Waals surface area (Å²) in [6, 6.07) is 8.43. The molecule has 0 unspecified atom stereocenters. The number of carbonyl (C=O) groups is 1. The number of aryl methyl sites for hydroxylation is 1. The van der Waals surface area contributed by atoms with Crippen LogP contribution in [0.5, 0.6) is 5.75 Å². The largest absolute Gasteiger partial charge is 0.493 e. The second-order valence-corrected chi connectivity index (χ2v) is 5.84. The number of rotatable bonds is 6. The number of amides is 1. The van der Waals surface area contributed by atoms with Gasteiger partial charge in [-0.15, -0.1) is 0 Å². The molecule has 1 aromatic carbocycles. The van der Waals surface area contributed by atoms with E-state index in [1.165, 1.54) is 0 Å². The number of carbonyl (C=O) groups excluding carboxylic acids is 1. The van der Waals surface area contributed by atoms with Crippen molar-refractivity contribution in [3.63, 3.8) is 0 Å². The molecule has 0 radical (unpaired) electrons. The summed E-state index contributed by atoms with van der Waals surface area (Å²) >= 11 is 0. The predicted molar refractivity (Wildman–Crippen MR) is 84.5 cm³/mol. The summed E-state index contributed by atoms with van der Waals surface area (Å²) in [6.45, 7) is 6.43. The molecule has 4 nitrogen and oxygen atoms in total. The lowest BCUT2D eigenvalue weighted by atomic mass is 9.92. The van der Waals surface area contributed by atoms with Crippen molar-refractivity contribution < 1.29 is 9.53 Å². The summed E-state index contributed by atoms with van der Waals surface area (Å²) in [5.74, 6) is 1.29. The lowest BCUT2D eigenvalue weighted by Crippen LogP contribution is -2.42. The van der Waals surface area contributed by atoms with Crippen LogP contribution < -0.4 is 15.4 Å². The molecule has 1 aliphatic heterocycles. The highest BCUT2D eigenvalue weighted by molar-refractivity contribution is 5.78. The van der Waals surface area contributed by atoms with Crippen LogP contribution in [-0.4, -0.2) is 31.6 Å². The van der Waals surface area contributed by atoms with E-state index in [0.29, 0.717) is 19.2 Å². The highest BCUT2D eigenvalue weighted by atomic mass is 16.5. The number of piperidine rings is 1. The second-order valence-electron chi connectivity index (χ2n) is 5.84. The minimum atomic E-state index is 0.165. The molecule has 1 fully saturated rings. The molecule has 0 aliphatic carbocycles. The maximum absolute atomic E-state index is 12.1. The van der Waals surface area contributed by atoms with E-state index in [-0.39, 0.29) is 11.8 Å². The van der Waals surface area contributed by atoms with Crippen LogP contribution in [0, 0.1) is 12.8 Å². The van der Waals surface area contributed by atoms with Crippen molar-refractivity contribution in [3.8, 4) is 5.75 Å². The molecule has 2 rings (SSSR count). The van der Waals surface area contributed by atoms with Crippen molar-refractivity contribution in [1.82, 2.24) is 10.6 Å². The molecule has 1 heterocycles. The maximum Gasteiger partial charge on any atom is 0.223 e. The Labute approximate surface area is 127 Å². The molecule has 21 heavy (non-hydrogen) atoms. The van der Waals surface area contributed by atoms with Crippen LogP contribution >= 0.6 is 0 Å². The molecule has 0 saturated carbocycles. The van der Waals surface area contributed by atoms with E-state index in [9.17, 15) is 4.79 Å². The zero-order chi connectivity index (χ0) is 15.1. The van der Waals surface area contributed by atoms with Gasteiger partial charge < -0.3 is 15.4 Å². The van der Waals surface area contributed by atoms with Crippen LogP contribution in [0.15, 0.2) is 24.3 Å². The number of ether oxygens (including phenoxy) is 1. The highest BCUT2D eigenvalue weighted by Crippen LogP contribution is 2.17. The second kappa shape index (κ2) is 8.03. The molecular weight excluding hydrogens is 264 g/mol. The van der Waals surface area contributed by atoms with Gasteiger partial charge in [-0.05, 0) is 51.3 Å². The van der Waals surface area contributed by atoms with Gasteiger partial charge in [0.15, 0.2) is 0 Å². The van der Waals surface area contributed by atoms with Crippen LogP contribution in [0.3, 0.4) is 0 Å². The van der Waals surface area contributed by atoms with Crippen molar-refractivity contribution >= 4 is 5.91 Å². The number of para-hydroxylation sites is 1. The number of hydrogen-bond donors (Lipinski definition) is 2. The maximum atomic E-state index is 12.1. The van der Waals surface area contributed by atoms with Crippen LogP contribution in [0.4, 0.5) is 0 Å². The average molecular weight is 290 g/mol. The van der Waals surface area contributed by atoms with Crippen molar-refractivity contribution in [2.24, 2.45) is 5.92 Å². The Morgan fingerprint density at radius 2 is 2.24 bits per heavy atom. The van der Waals surface area contributed by atoms with E-state index in [1.54, 1.807) is 0 Å². The van der Waals surface area contributed by atoms with Gasteiger partial charge in [-0.25, -0.2) is 0 Å². The summed E-state index contributed by atoms with van der Waals surface area (Å²) in [4.78, 5) is 12.1. The van der Waals surface area contributed by atoms with Gasteiger partial charge in [-0.3, -0.25) is 4.79 Å². The minimum absolute atomic E-state index is 0.165. The van der Waals surface area contributed by atoms with E-state index in [1.807, 2.05) is 31.2 Å². The van der Waals surface area contributed by atoms with E-state index in [4.69, 9.17) is 4.74 Å². The average Bonchev–Trinajstić information content (AvgIpc) is 2.48. The minimum Gasteiger partial charge on any atom is -0.493 e. The Morgan fingerprint density at radius 1 is 1.43 bits per heavy atom. The van der Waals surface area contributed by atoms with E-state index in [0.717, 1.165) is 37.1 Å². The molecule has 2 N–H and O–H groups in total. The predicted octanol–water partition coefficient (Wildman–Crippen LogP) is 2.27. The van der Waals surface area contributed by atoms with Gasteiger partial charge in [0.05, 0.1) is 6.61 Å². The third-order valence-corrected chi connectivity index (χ3v) is 3.97. The monoisotopic (exact) mass is 290 g/mol. The van der Waals surface area contributed by atoms with E-state index >= 15 is 0 Å². The first kappa shape index (κ1) is 15.8. The fourth-order valence-corrected chi connectivity index (χ4v) is 2.70. The first-order chi connectivity index (χ1) is 10.2. The van der Waals surface area contributed by atoms with Gasteiger partial charge in [0.25, 0.3) is 0 Å². The Morgan fingerprint density at radius 3 is 3.00 bits per heavy atom. The normalized spacial score (nSPS) is 21.8. The summed E-state index contributed by atoms with van der Waals surface area (Å²) in [5.41, 5.74) is 1.14. The number of nitrogens with one attached hydrogen (secondary N) is 2. The molecule has 0 bridgehead atoms. The third-order valence-electron chi connectivity index (χ3n) is 3.97. The number of hydrogen-bond acceptors (Lipinski definition) is 3. The van der Waals surface area contributed by atoms with Crippen LogP contribution in [0.1, 0.15) is 31.7 Å². The zero-order valence-corrected chi connectivity index (χ0v) is 13.0. The fraction of sp³-hybridized carbons (Fsp3) is 0.588. The van der Waals surface area contributed by atoms with Crippen LogP contribution in [-0.2, 0) is 4.79 Å². The molecule has 1 aromatic rings. The van der Waals surface area contributed by atoms with Gasteiger partial charge in [0, 0.05) is 18.5 Å². The summed E-state index contributed by atoms with van der Waals surface area (Å²) in [6.07, 6.45) is 2.71. The van der Waals surface area contributed by atoms with Gasteiger partial charge in [0.2, 0.25) is 5.91 Å². The Hall–Kier alpha value is -1.55. The highest BCUT2D eigenvalue weighted by Gasteiger charge is 2.24. The molecule has 0 aromatic heterocycles. The molecule has 116 valence electrons. The smallest absolute Gasteiger partial charge is 0.223 e. The molecule has 1 amide bonds. The topological polar surface area (TPSA) is 50.4 Å². The zero-order valence-electron chi connectivity index (χ0n) is 13.0. The van der Waals surface area contributed by atoms with Gasteiger partial charge in [-0.1, -0.05) is 18.2 Å². The molecule has 1 aliphatic rings. The van der Waals surface area contributed by atoms with Gasteiger partial charge in [0.1, 0.15) is 5.75 Å². The lowest BCUT2D eigenvalue weighted by Gasteiger charge is -2.27. The van der Waals surface area contributed by atoms with Crippen LogP contribution in [0.2, 0.25) is 0 Å². The van der Waals surface area contributed by atoms with E-state index < -0.39 is 0 Å². The van der Waals surface area contributed by atoms with Crippen molar-refractivity contribution in [1.29, 1.82) is 0 Å². The summed E-state index contributed by atoms with van der Waals surface area (Å²) < 4.78 is 5.72. The molecule has 4 heteroatoms. The quantitative estimate of drug-likeness (QED) is 0.790. The molecular formula is C17H26N2O2. The summed E-state index contributed by atoms with van der Waals surface area (Å²) in [5, 5.41) is 6.39.